The largest absolute Gasteiger partial charge is 0.454 e. The summed E-state index contributed by atoms with van der Waals surface area (Å²) in [5.74, 6) is -0.333. The van der Waals surface area contributed by atoms with Gasteiger partial charge in [0, 0.05) is 6.42 Å². The van der Waals surface area contributed by atoms with Crippen molar-refractivity contribution in [3.8, 4) is 5.69 Å². The van der Waals surface area contributed by atoms with Gasteiger partial charge >= 0.3 is 5.97 Å². The molecule has 0 bridgehead atoms. The maximum absolute atomic E-state index is 12.0. The van der Waals surface area contributed by atoms with E-state index in [-0.39, 0.29) is 11.5 Å². The molecule has 132 valence electrons. The Morgan fingerprint density at radius 2 is 2.20 bits per heavy atom. The van der Waals surface area contributed by atoms with E-state index in [1.54, 1.807) is 4.68 Å². The lowest BCUT2D eigenvalue weighted by Gasteiger charge is -2.20. The second-order valence-corrected chi connectivity index (χ2v) is 7.08. The molecule has 1 heterocycles. The quantitative estimate of drug-likeness (QED) is 0.598. The van der Waals surface area contributed by atoms with Crippen LogP contribution in [0, 0.1) is 13.8 Å². The van der Waals surface area contributed by atoms with Crippen molar-refractivity contribution in [2.24, 2.45) is 0 Å². The van der Waals surface area contributed by atoms with Crippen LogP contribution in [0.25, 0.3) is 5.69 Å². The Morgan fingerprint density at radius 3 is 3.00 bits per heavy atom. The monoisotopic (exact) mass is 360 g/mol. The third-order valence-corrected chi connectivity index (χ3v) is 5.02. The molecule has 1 aliphatic rings. The Labute approximate surface area is 150 Å². The lowest BCUT2D eigenvalue weighted by atomic mass is 9.96. The van der Waals surface area contributed by atoms with Gasteiger partial charge in [0.1, 0.15) is 0 Å². The van der Waals surface area contributed by atoms with Gasteiger partial charge in [-0.1, -0.05) is 23.9 Å². The molecule has 25 heavy (non-hydrogen) atoms. The molecule has 1 saturated carbocycles. The zero-order valence-electron chi connectivity index (χ0n) is 14.3. The molecule has 0 aliphatic heterocycles. The second-order valence-electron chi connectivity index (χ2n) is 6.14. The Hall–Kier alpha value is -2.22. The van der Waals surface area contributed by atoms with Crippen molar-refractivity contribution in [2.45, 2.75) is 50.8 Å². The van der Waals surface area contributed by atoms with E-state index in [1.807, 2.05) is 32.0 Å². The lowest BCUT2D eigenvalue weighted by molar-refractivity contribution is -0.154. The molecule has 1 aliphatic carbocycles. The van der Waals surface area contributed by atoms with E-state index in [0.29, 0.717) is 18.0 Å². The fourth-order valence-corrected chi connectivity index (χ4v) is 3.43. The Morgan fingerprint density at radius 1 is 1.36 bits per heavy atom. The second kappa shape index (κ2) is 7.77. The van der Waals surface area contributed by atoms with E-state index in [9.17, 15) is 9.59 Å². The van der Waals surface area contributed by atoms with Gasteiger partial charge in [0.05, 0.1) is 11.4 Å². The fraction of sp³-hybridized carbons (Fsp3) is 0.471. The van der Waals surface area contributed by atoms with E-state index in [4.69, 9.17) is 4.74 Å². The maximum atomic E-state index is 12.0. The predicted octanol–water partition coefficient (Wildman–Crippen LogP) is 2.43. The van der Waals surface area contributed by atoms with Crippen LogP contribution in [0.15, 0.2) is 23.4 Å². The van der Waals surface area contributed by atoms with Crippen LogP contribution in [0.3, 0.4) is 0 Å². The highest BCUT2D eigenvalue weighted by Gasteiger charge is 2.26. The number of hydrogen-bond donors (Lipinski definition) is 0. The summed E-state index contributed by atoms with van der Waals surface area (Å²) < 4.78 is 6.92. The van der Waals surface area contributed by atoms with Gasteiger partial charge in [0.25, 0.3) is 0 Å². The fourth-order valence-electron chi connectivity index (χ4n) is 2.76. The van der Waals surface area contributed by atoms with Crippen LogP contribution >= 0.6 is 11.8 Å². The minimum absolute atomic E-state index is 0.0184. The topological polar surface area (TPSA) is 87.0 Å². The molecular weight excluding hydrogens is 340 g/mol. The van der Waals surface area contributed by atoms with Gasteiger partial charge in [0.2, 0.25) is 5.16 Å². The molecule has 1 atom stereocenters. The third-order valence-electron chi connectivity index (χ3n) is 4.13. The number of tetrazole rings is 1. The summed E-state index contributed by atoms with van der Waals surface area (Å²) in [6.07, 6.45) is 2.33. The van der Waals surface area contributed by atoms with E-state index < -0.39 is 12.1 Å². The van der Waals surface area contributed by atoms with Crippen molar-refractivity contribution in [1.82, 2.24) is 20.2 Å². The number of benzene rings is 1. The third kappa shape index (κ3) is 4.25. The molecule has 2 aromatic rings. The summed E-state index contributed by atoms with van der Waals surface area (Å²) >= 11 is 1.20. The highest BCUT2D eigenvalue weighted by Crippen LogP contribution is 2.23. The van der Waals surface area contributed by atoms with E-state index in [2.05, 4.69) is 15.5 Å². The molecule has 0 saturated heterocycles. The highest BCUT2D eigenvalue weighted by atomic mass is 32.2. The Bertz CT molecular complexity index is 790. The first-order valence-electron chi connectivity index (χ1n) is 8.25. The van der Waals surface area contributed by atoms with Crippen LogP contribution in [0.5, 0.6) is 0 Å². The number of carbonyl (C=O) groups is 2. The van der Waals surface area contributed by atoms with Gasteiger partial charge in [0.15, 0.2) is 11.9 Å². The molecule has 8 heteroatoms. The first-order valence-corrected chi connectivity index (χ1v) is 9.24. The molecule has 1 fully saturated rings. The number of ketones is 1. The minimum Gasteiger partial charge on any atom is -0.454 e. The molecule has 3 rings (SSSR count). The number of hydrogen-bond acceptors (Lipinski definition) is 7. The summed E-state index contributed by atoms with van der Waals surface area (Å²) in [4.78, 5) is 23.8. The molecule has 1 aromatic heterocycles. The van der Waals surface area contributed by atoms with Gasteiger partial charge in [-0.3, -0.25) is 9.59 Å². The van der Waals surface area contributed by atoms with Crippen molar-refractivity contribution < 1.29 is 14.3 Å². The Kier molecular flexibility index (Phi) is 5.47. The van der Waals surface area contributed by atoms with Crippen molar-refractivity contribution in [1.29, 1.82) is 0 Å². The van der Waals surface area contributed by atoms with E-state index >= 15 is 0 Å². The van der Waals surface area contributed by atoms with Crippen molar-refractivity contribution in [2.75, 3.05) is 5.75 Å². The SMILES string of the molecule is Cc1ccc(C)c(-n2nnnc2SCC(=O)O[C@@H]2CCCCC2=O)c1. The highest BCUT2D eigenvalue weighted by molar-refractivity contribution is 7.99. The van der Waals surface area contributed by atoms with Crippen molar-refractivity contribution in [3.05, 3.63) is 29.3 Å². The molecule has 7 nitrogen and oxygen atoms in total. The normalized spacial score (nSPS) is 17.5. The standard InChI is InChI=1S/C17H20N4O3S/c1-11-7-8-12(2)13(9-11)21-17(18-19-20-21)25-10-16(23)24-15-6-4-3-5-14(15)22/h7-9,15H,3-6,10H2,1-2H3/t15-/m1/s1. The zero-order valence-corrected chi connectivity index (χ0v) is 15.1. The number of esters is 1. The Balaban J connectivity index is 1.64. The number of nitrogens with zero attached hydrogens (tertiary/aromatic N) is 4. The van der Waals surface area contributed by atoms with Crippen LogP contribution in [-0.4, -0.2) is 43.8 Å². The number of rotatable bonds is 5. The van der Waals surface area contributed by atoms with Crippen LogP contribution < -0.4 is 0 Å². The number of thioether (sulfide) groups is 1. The summed E-state index contributed by atoms with van der Waals surface area (Å²) in [7, 11) is 0. The van der Waals surface area contributed by atoms with Crippen LogP contribution in [0.2, 0.25) is 0 Å². The smallest absolute Gasteiger partial charge is 0.317 e. The number of aromatic nitrogens is 4. The van der Waals surface area contributed by atoms with Crippen LogP contribution in [-0.2, 0) is 14.3 Å². The molecule has 1 aromatic carbocycles. The average molecular weight is 360 g/mol. The van der Waals surface area contributed by atoms with E-state index in [0.717, 1.165) is 29.7 Å². The maximum Gasteiger partial charge on any atom is 0.317 e. The molecule has 0 N–H and O–H groups in total. The summed E-state index contributed by atoms with van der Waals surface area (Å²) in [5, 5.41) is 12.2. The van der Waals surface area contributed by atoms with Crippen LogP contribution in [0.4, 0.5) is 0 Å². The van der Waals surface area contributed by atoms with Gasteiger partial charge in [-0.25, -0.2) is 0 Å². The number of aryl methyl sites for hydroxylation is 2. The average Bonchev–Trinajstić information content (AvgIpc) is 3.05. The summed E-state index contributed by atoms with van der Waals surface area (Å²) in [5.41, 5.74) is 3.01. The summed E-state index contributed by atoms with van der Waals surface area (Å²) in [6, 6.07) is 6.02. The lowest BCUT2D eigenvalue weighted by Crippen LogP contribution is -2.30. The van der Waals surface area contributed by atoms with Crippen molar-refractivity contribution >= 4 is 23.5 Å². The van der Waals surface area contributed by atoms with E-state index in [1.165, 1.54) is 11.8 Å². The van der Waals surface area contributed by atoms with Gasteiger partial charge < -0.3 is 4.74 Å². The number of carbonyl (C=O) groups excluding carboxylic acids is 2. The molecule has 0 spiro atoms. The van der Waals surface area contributed by atoms with Gasteiger partial charge in [-0.05, 0) is 60.7 Å². The van der Waals surface area contributed by atoms with Gasteiger partial charge in [-0.15, -0.1) is 5.10 Å². The molecular formula is C17H20N4O3S. The predicted molar refractivity (Wildman–Crippen MR) is 92.7 cm³/mol. The number of Topliss-reactive ketones (excluding diaryl/α,β-unsaturated/α-hetero) is 1. The number of ether oxygens (including phenoxy) is 1. The minimum atomic E-state index is -0.586. The zero-order chi connectivity index (χ0) is 17.8. The van der Waals surface area contributed by atoms with Crippen molar-refractivity contribution in [3.63, 3.8) is 0 Å². The summed E-state index contributed by atoms with van der Waals surface area (Å²) in [6.45, 7) is 3.98. The molecule has 0 unspecified atom stereocenters. The first-order chi connectivity index (χ1) is 12.0. The molecule has 0 amide bonds. The molecule has 0 radical (unpaired) electrons. The first kappa shape index (κ1) is 17.6. The van der Waals surface area contributed by atoms with Gasteiger partial charge in [-0.2, -0.15) is 4.68 Å². The van der Waals surface area contributed by atoms with Crippen LogP contribution in [0.1, 0.15) is 36.8 Å².